The molecule has 2 N–H and O–H groups in total. The molecule has 1 fully saturated rings. The van der Waals surface area contributed by atoms with Gasteiger partial charge >= 0.3 is 0 Å². The summed E-state index contributed by atoms with van der Waals surface area (Å²) in [5.41, 5.74) is 2.65. The fourth-order valence-corrected chi connectivity index (χ4v) is 4.55. The number of ether oxygens (including phenoxy) is 1. The largest absolute Gasteiger partial charge is 0.872 e. The van der Waals surface area contributed by atoms with Crippen LogP contribution in [-0.4, -0.2) is 48.9 Å². The van der Waals surface area contributed by atoms with Crippen LogP contribution in [0.15, 0.2) is 78.4 Å². The molecule has 1 unspecified atom stereocenters. The zero-order valence-electron chi connectivity index (χ0n) is 21.4. The van der Waals surface area contributed by atoms with E-state index in [-0.39, 0.29) is 11.3 Å². The molecule has 0 aliphatic carbocycles. The number of benzene rings is 3. The third-order valence-electron chi connectivity index (χ3n) is 6.49. The average Bonchev–Trinajstić information content (AvgIpc) is 3.13. The highest BCUT2D eigenvalue weighted by molar-refractivity contribution is 6.46. The Labute approximate surface area is 217 Å². The lowest BCUT2D eigenvalue weighted by atomic mass is 9.94. The number of Topliss-reactive ketones (excluding diaryl/α,β-unsaturated/α-hetero) is 1. The Morgan fingerprint density at radius 2 is 1.73 bits per heavy atom. The van der Waals surface area contributed by atoms with Gasteiger partial charge in [0.05, 0.1) is 26.7 Å². The van der Waals surface area contributed by atoms with Crippen molar-refractivity contribution >= 4 is 17.4 Å². The number of rotatable bonds is 9. The number of amides is 1. The van der Waals surface area contributed by atoms with Crippen molar-refractivity contribution in [3.05, 3.63) is 101 Å². The Hall–Kier alpha value is -4.10. The van der Waals surface area contributed by atoms with Crippen LogP contribution in [0.3, 0.4) is 0 Å². The molecule has 7 heteroatoms. The van der Waals surface area contributed by atoms with E-state index in [2.05, 4.69) is 0 Å². The van der Waals surface area contributed by atoms with Gasteiger partial charge < -0.3 is 24.7 Å². The highest BCUT2D eigenvalue weighted by Gasteiger charge is 2.43. The van der Waals surface area contributed by atoms with Crippen molar-refractivity contribution in [2.45, 2.75) is 26.0 Å². The van der Waals surface area contributed by atoms with E-state index < -0.39 is 23.5 Å². The fourth-order valence-electron chi connectivity index (χ4n) is 4.55. The summed E-state index contributed by atoms with van der Waals surface area (Å²) in [7, 11) is 4.04. The SMILES string of the molecule is Cc1cc(C([O-])=C2C(=O)C(=O)N(CCC[NH+](C)C)C2c2ccc(O)cc2)ccc1OCc1ccccc1. The summed E-state index contributed by atoms with van der Waals surface area (Å²) in [5, 5.41) is 23.5. The maximum Gasteiger partial charge on any atom is 0.295 e. The normalized spacial score (nSPS) is 17.0. The lowest BCUT2D eigenvalue weighted by Crippen LogP contribution is -3.05. The van der Waals surface area contributed by atoms with E-state index in [0.29, 0.717) is 36.4 Å². The smallest absolute Gasteiger partial charge is 0.295 e. The second kappa shape index (κ2) is 11.3. The summed E-state index contributed by atoms with van der Waals surface area (Å²) >= 11 is 0. The van der Waals surface area contributed by atoms with Gasteiger partial charge in [-0.1, -0.05) is 54.3 Å². The topological polar surface area (TPSA) is 94.3 Å². The maximum absolute atomic E-state index is 13.7. The van der Waals surface area contributed by atoms with E-state index in [9.17, 15) is 19.8 Å². The van der Waals surface area contributed by atoms with Crippen LogP contribution in [0.1, 0.15) is 34.7 Å². The number of carbonyl (C=O) groups excluding carboxylic acids is 2. The van der Waals surface area contributed by atoms with Crippen LogP contribution in [0.2, 0.25) is 0 Å². The molecule has 3 aromatic carbocycles. The standard InChI is InChI=1S/C30H32N2O5/c1-20-18-23(12-15-25(20)37-19-21-8-5-4-6-9-21)28(34)26-27(22-10-13-24(33)14-11-22)32(30(36)29(26)35)17-7-16-31(2)3/h4-6,8-15,18,27,33-34H,7,16-17,19H2,1-3H3. The molecule has 1 saturated heterocycles. The number of aromatic hydroxyl groups is 1. The highest BCUT2D eigenvalue weighted by atomic mass is 16.5. The highest BCUT2D eigenvalue weighted by Crippen LogP contribution is 2.39. The Bertz CT molecular complexity index is 1300. The number of hydrogen-bond acceptors (Lipinski definition) is 5. The number of quaternary nitrogens is 1. The van der Waals surface area contributed by atoms with Gasteiger partial charge in [-0.05, 0) is 53.4 Å². The van der Waals surface area contributed by atoms with Gasteiger partial charge in [-0.2, -0.15) is 0 Å². The molecule has 0 radical (unpaired) electrons. The number of likely N-dealkylation sites (tertiary alicyclic amines) is 1. The molecule has 3 aromatic rings. The van der Waals surface area contributed by atoms with Gasteiger partial charge in [0.25, 0.3) is 5.91 Å². The van der Waals surface area contributed by atoms with Crippen LogP contribution in [0.4, 0.5) is 0 Å². The van der Waals surface area contributed by atoms with Crippen LogP contribution in [0.25, 0.3) is 5.76 Å². The first-order valence-corrected chi connectivity index (χ1v) is 12.4. The molecular formula is C30H32N2O5. The van der Waals surface area contributed by atoms with Crippen LogP contribution in [0, 0.1) is 6.92 Å². The molecule has 1 heterocycles. The van der Waals surface area contributed by atoms with Gasteiger partial charge in [0.2, 0.25) is 5.78 Å². The minimum atomic E-state index is -0.806. The Kier molecular flexibility index (Phi) is 7.94. The predicted octanol–water partition coefficient (Wildman–Crippen LogP) is 2.04. The molecule has 0 bridgehead atoms. The fraction of sp³-hybridized carbons (Fsp3) is 0.267. The predicted molar refractivity (Wildman–Crippen MR) is 139 cm³/mol. The Balaban J connectivity index is 1.67. The molecule has 1 aliphatic rings. The summed E-state index contributed by atoms with van der Waals surface area (Å²) < 4.78 is 5.93. The molecule has 4 rings (SSSR count). The van der Waals surface area contributed by atoms with Crippen molar-refractivity contribution in [1.29, 1.82) is 0 Å². The minimum Gasteiger partial charge on any atom is -0.872 e. The van der Waals surface area contributed by atoms with Crippen molar-refractivity contribution < 1.29 is 29.4 Å². The van der Waals surface area contributed by atoms with E-state index in [0.717, 1.165) is 17.7 Å². The number of aryl methyl sites for hydroxylation is 1. The van der Waals surface area contributed by atoms with Crippen molar-refractivity contribution in [2.24, 2.45) is 0 Å². The molecule has 1 amide bonds. The number of carbonyl (C=O) groups is 2. The number of phenolic OH excluding ortho intramolecular Hbond substituents is 1. The summed E-state index contributed by atoms with van der Waals surface area (Å²) in [6, 6.07) is 20.3. The van der Waals surface area contributed by atoms with E-state index in [1.807, 2.05) is 51.4 Å². The third-order valence-corrected chi connectivity index (χ3v) is 6.49. The number of ketones is 1. The zero-order chi connectivity index (χ0) is 26.5. The summed E-state index contributed by atoms with van der Waals surface area (Å²) in [6.45, 7) is 3.40. The summed E-state index contributed by atoms with van der Waals surface area (Å²) in [4.78, 5) is 28.9. The Morgan fingerprint density at radius 3 is 2.38 bits per heavy atom. The van der Waals surface area contributed by atoms with Gasteiger partial charge in [-0.3, -0.25) is 9.59 Å². The molecule has 7 nitrogen and oxygen atoms in total. The van der Waals surface area contributed by atoms with Crippen molar-refractivity contribution in [1.82, 2.24) is 4.90 Å². The number of nitrogens with one attached hydrogen (secondary N) is 1. The Morgan fingerprint density at radius 1 is 1.03 bits per heavy atom. The van der Waals surface area contributed by atoms with Gasteiger partial charge in [-0.25, -0.2) is 0 Å². The number of nitrogens with zero attached hydrogens (tertiary/aromatic N) is 1. The van der Waals surface area contributed by atoms with E-state index in [1.165, 1.54) is 21.9 Å². The van der Waals surface area contributed by atoms with Crippen molar-refractivity contribution in [3.63, 3.8) is 0 Å². The third kappa shape index (κ3) is 5.84. The number of phenols is 1. The summed E-state index contributed by atoms with van der Waals surface area (Å²) in [6.07, 6.45) is 0.684. The quantitative estimate of drug-likeness (QED) is 0.266. The van der Waals surface area contributed by atoms with Gasteiger partial charge in [0.1, 0.15) is 18.1 Å². The van der Waals surface area contributed by atoms with Crippen LogP contribution in [0.5, 0.6) is 11.5 Å². The molecular weight excluding hydrogens is 468 g/mol. The molecule has 1 aliphatic heterocycles. The molecule has 1 atom stereocenters. The van der Waals surface area contributed by atoms with Crippen LogP contribution in [-0.2, 0) is 16.2 Å². The van der Waals surface area contributed by atoms with Gasteiger partial charge in [-0.15, -0.1) is 0 Å². The maximum atomic E-state index is 13.7. The van der Waals surface area contributed by atoms with Crippen molar-refractivity contribution in [2.75, 3.05) is 27.2 Å². The lowest BCUT2D eigenvalue weighted by Gasteiger charge is -2.28. The van der Waals surface area contributed by atoms with Gasteiger partial charge in [0.15, 0.2) is 0 Å². The van der Waals surface area contributed by atoms with Gasteiger partial charge in [0, 0.05) is 18.5 Å². The van der Waals surface area contributed by atoms with Crippen LogP contribution >= 0.6 is 0 Å². The van der Waals surface area contributed by atoms with E-state index in [4.69, 9.17) is 4.74 Å². The molecule has 0 spiro atoms. The zero-order valence-corrected chi connectivity index (χ0v) is 21.4. The number of hydrogen-bond donors (Lipinski definition) is 2. The monoisotopic (exact) mass is 500 g/mol. The van der Waals surface area contributed by atoms with Crippen molar-refractivity contribution in [3.8, 4) is 11.5 Å². The first-order chi connectivity index (χ1) is 17.8. The molecule has 0 saturated carbocycles. The second-order valence-electron chi connectivity index (χ2n) is 9.63. The molecule has 37 heavy (non-hydrogen) atoms. The molecule has 192 valence electrons. The second-order valence-corrected chi connectivity index (χ2v) is 9.63. The first kappa shape index (κ1) is 26.0. The van der Waals surface area contributed by atoms with Crippen LogP contribution < -0.4 is 14.7 Å². The average molecular weight is 501 g/mol. The molecule has 0 aromatic heterocycles. The van der Waals surface area contributed by atoms with E-state index in [1.54, 1.807) is 30.3 Å². The lowest BCUT2D eigenvalue weighted by molar-refractivity contribution is -0.858. The van der Waals surface area contributed by atoms with E-state index >= 15 is 0 Å². The first-order valence-electron chi connectivity index (χ1n) is 12.4. The minimum absolute atomic E-state index is 0.0646. The summed E-state index contributed by atoms with van der Waals surface area (Å²) in [5.74, 6) is -1.22.